The molecule has 10 heteroatoms. The van der Waals surface area contributed by atoms with Crippen molar-refractivity contribution in [2.75, 3.05) is 30.0 Å². The van der Waals surface area contributed by atoms with Crippen LogP contribution < -0.4 is 19.7 Å². The first-order chi connectivity index (χ1) is 15.1. The molecule has 1 unspecified atom stereocenters. The first-order valence-electron chi connectivity index (χ1n) is 9.93. The van der Waals surface area contributed by atoms with Gasteiger partial charge in [0.15, 0.2) is 11.5 Å². The van der Waals surface area contributed by atoms with Gasteiger partial charge in [0.2, 0.25) is 11.8 Å². The third-order valence-electron chi connectivity index (χ3n) is 5.43. The Hall–Kier alpha value is -3.95. The first kappa shape index (κ1) is 19.0. The number of aryl methyl sites for hydroxylation is 1. The molecule has 0 saturated carbocycles. The topological polar surface area (TPSA) is 111 Å². The molecule has 0 radical (unpaired) electrons. The third kappa shape index (κ3) is 3.67. The van der Waals surface area contributed by atoms with Crippen molar-refractivity contribution < 1.29 is 19.1 Å². The van der Waals surface area contributed by atoms with Crippen LogP contribution in [0.5, 0.6) is 11.5 Å². The number of tetrazole rings is 1. The van der Waals surface area contributed by atoms with Gasteiger partial charge in [-0.3, -0.25) is 9.59 Å². The molecular formula is C21H20N6O4. The van der Waals surface area contributed by atoms with Gasteiger partial charge in [-0.25, -0.2) is 4.68 Å². The maximum absolute atomic E-state index is 12.9. The summed E-state index contributed by atoms with van der Waals surface area (Å²) in [4.78, 5) is 27.2. The van der Waals surface area contributed by atoms with E-state index in [-0.39, 0.29) is 18.2 Å². The lowest BCUT2D eigenvalue weighted by Gasteiger charge is -2.22. The molecule has 1 atom stereocenters. The molecule has 0 bridgehead atoms. The van der Waals surface area contributed by atoms with Gasteiger partial charge in [0.05, 0.1) is 11.6 Å². The van der Waals surface area contributed by atoms with E-state index in [2.05, 4.69) is 20.8 Å². The number of amides is 2. The molecule has 3 heterocycles. The average Bonchev–Trinajstić information content (AvgIpc) is 3.45. The van der Waals surface area contributed by atoms with Gasteiger partial charge in [-0.1, -0.05) is 6.07 Å². The highest BCUT2D eigenvalue weighted by molar-refractivity contribution is 6.04. The summed E-state index contributed by atoms with van der Waals surface area (Å²) >= 11 is 0. The Balaban J connectivity index is 1.31. The maximum Gasteiger partial charge on any atom is 0.229 e. The van der Waals surface area contributed by atoms with Crippen LogP contribution in [0.2, 0.25) is 0 Å². The Morgan fingerprint density at radius 2 is 1.90 bits per heavy atom. The van der Waals surface area contributed by atoms with Crippen LogP contribution in [0.4, 0.5) is 11.4 Å². The molecule has 31 heavy (non-hydrogen) atoms. The molecule has 2 aliphatic heterocycles. The predicted molar refractivity (Wildman–Crippen MR) is 110 cm³/mol. The van der Waals surface area contributed by atoms with Crippen molar-refractivity contribution in [2.24, 2.45) is 5.92 Å². The number of hydrogen-bond donors (Lipinski definition) is 1. The summed E-state index contributed by atoms with van der Waals surface area (Å²) in [7, 11) is 0. The summed E-state index contributed by atoms with van der Waals surface area (Å²) in [6, 6.07) is 10.9. The van der Waals surface area contributed by atoms with Crippen LogP contribution >= 0.6 is 0 Å². The number of nitrogens with one attached hydrogen (secondary N) is 1. The van der Waals surface area contributed by atoms with Gasteiger partial charge in [-0.2, -0.15) is 0 Å². The number of hydrogen-bond acceptors (Lipinski definition) is 7. The summed E-state index contributed by atoms with van der Waals surface area (Å²) < 4.78 is 12.7. The lowest BCUT2D eigenvalue weighted by Crippen LogP contribution is -2.28. The zero-order chi connectivity index (χ0) is 21.4. The predicted octanol–water partition coefficient (Wildman–Crippen LogP) is 1.73. The summed E-state index contributed by atoms with van der Waals surface area (Å²) in [5, 5.41) is 14.1. The molecule has 0 spiro atoms. The summed E-state index contributed by atoms with van der Waals surface area (Å²) in [6.45, 7) is 3.18. The molecule has 1 saturated heterocycles. The van der Waals surface area contributed by atoms with Crippen LogP contribution in [0.25, 0.3) is 5.69 Å². The van der Waals surface area contributed by atoms with E-state index < -0.39 is 5.92 Å². The van der Waals surface area contributed by atoms with E-state index in [1.54, 1.807) is 23.1 Å². The van der Waals surface area contributed by atoms with E-state index in [9.17, 15) is 9.59 Å². The second-order valence-corrected chi connectivity index (χ2v) is 7.48. The zero-order valence-corrected chi connectivity index (χ0v) is 16.8. The van der Waals surface area contributed by atoms with Gasteiger partial charge in [-0.05, 0) is 47.2 Å². The van der Waals surface area contributed by atoms with Gasteiger partial charge < -0.3 is 19.7 Å². The quantitative estimate of drug-likeness (QED) is 0.684. The first-order valence-corrected chi connectivity index (χ1v) is 9.93. The summed E-state index contributed by atoms with van der Waals surface area (Å²) in [5.74, 6) is 0.506. The zero-order valence-electron chi connectivity index (χ0n) is 16.8. The minimum absolute atomic E-state index is 0.101. The second kappa shape index (κ2) is 7.71. The van der Waals surface area contributed by atoms with Gasteiger partial charge in [-0.15, -0.1) is 5.10 Å². The SMILES string of the molecule is Cc1ccc(-n2cnnn2)cc1NC(=O)C1CC(=O)N(c2ccc3c(c2)OCCO3)C1. The van der Waals surface area contributed by atoms with E-state index in [0.717, 1.165) is 11.3 Å². The van der Waals surface area contributed by atoms with Crippen molar-refractivity contribution in [2.45, 2.75) is 13.3 Å². The Kier molecular flexibility index (Phi) is 4.73. The number of aromatic nitrogens is 4. The largest absolute Gasteiger partial charge is 0.486 e. The van der Waals surface area contributed by atoms with Crippen LogP contribution in [-0.4, -0.2) is 51.8 Å². The molecule has 2 aromatic carbocycles. The Labute approximate surface area is 177 Å². The van der Waals surface area contributed by atoms with Gasteiger partial charge >= 0.3 is 0 Å². The molecule has 1 aromatic heterocycles. The molecule has 2 amide bonds. The number of fused-ring (bicyclic) bond motifs is 1. The highest BCUT2D eigenvalue weighted by atomic mass is 16.6. The van der Waals surface area contributed by atoms with Gasteiger partial charge in [0.1, 0.15) is 19.5 Å². The molecule has 0 aliphatic carbocycles. The van der Waals surface area contributed by atoms with E-state index >= 15 is 0 Å². The summed E-state index contributed by atoms with van der Waals surface area (Å²) in [6.07, 6.45) is 1.63. The number of rotatable bonds is 4. The monoisotopic (exact) mass is 420 g/mol. The maximum atomic E-state index is 12.9. The van der Waals surface area contributed by atoms with Gasteiger partial charge in [0, 0.05) is 30.4 Å². The highest BCUT2D eigenvalue weighted by Gasteiger charge is 2.35. The fraction of sp³-hybridized carbons (Fsp3) is 0.286. The van der Waals surface area contributed by atoms with E-state index in [4.69, 9.17) is 9.47 Å². The number of benzene rings is 2. The lowest BCUT2D eigenvalue weighted by atomic mass is 10.1. The van der Waals surface area contributed by atoms with Crippen molar-refractivity contribution in [3.8, 4) is 17.2 Å². The van der Waals surface area contributed by atoms with Crippen LogP contribution in [0, 0.1) is 12.8 Å². The summed E-state index contributed by atoms with van der Waals surface area (Å²) in [5.41, 5.74) is 2.98. The number of carbonyl (C=O) groups excluding carboxylic acids is 2. The van der Waals surface area contributed by atoms with Crippen LogP contribution in [0.1, 0.15) is 12.0 Å². The fourth-order valence-corrected chi connectivity index (χ4v) is 3.73. The van der Waals surface area contributed by atoms with E-state index in [1.807, 2.05) is 25.1 Å². The van der Waals surface area contributed by atoms with Crippen LogP contribution in [0.3, 0.4) is 0 Å². The smallest absolute Gasteiger partial charge is 0.229 e. The molecule has 10 nitrogen and oxygen atoms in total. The number of nitrogens with zero attached hydrogens (tertiary/aromatic N) is 5. The molecule has 1 N–H and O–H groups in total. The number of carbonyl (C=O) groups is 2. The number of anilines is 2. The Morgan fingerprint density at radius 1 is 1.10 bits per heavy atom. The molecule has 158 valence electrons. The minimum atomic E-state index is -0.461. The third-order valence-corrected chi connectivity index (χ3v) is 5.43. The molecule has 2 aliphatic rings. The Bertz CT molecular complexity index is 1150. The van der Waals surface area contributed by atoms with Gasteiger partial charge in [0.25, 0.3) is 0 Å². The Morgan fingerprint density at radius 3 is 2.71 bits per heavy atom. The standard InChI is InChI=1S/C21H20N6O4/c1-13-2-3-16(27-12-22-24-25-27)9-17(13)23-21(29)14-8-20(28)26(11-14)15-4-5-18-19(10-15)31-7-6-30-18/h2-5,9-10,12,14H,6-8,11H2,1H3,(H,23,29). The molecule has 5 rings (SSSR count). The van der Waals surface area contributed by atoms with Crippen molar-refractivity contribution >= 4 is 23.2 Å². The minimum Gasteiger partial charge on any atom is -0.486 e. The molecule has 3 aromatic rings. The fourth-order valence-electron chi connectivity index (χ4n) is 3.73. The van der Waals surface area contributed by atoms with Crippen molar-refractivity contribution in [3.05, 3.63) is 48.3 Å². The average molecular weight is 420 g/mol. The molecule has 1 fully saturated rings. The number of ether oxygens (including phenoxy) is 2. The second-order valence-electron chi connectivity index (χ2n) is 7.48. The highest BCUT2D eigenvalue weighted by Crippen LogP contribution is 2.36. The lowest BCUT2D eigenvalue weighted by molar-refractivity contribution is -0.122. The van der Waals surface area contributed by atoms with Crippen molar-refractivity contribution in [3.63, 3.8) is 0 Å². The van der Waals surface area contributed by atoms with Crippen molar-refractivity contribution in [1.29, 1.82) is 0 Å². The van der Waals surface area contributed by atoms with Crippen molar-refractivity contribution in [1.82, 2.24) is 20.2 Å². The van der Waals surface area contributed by atoms with E-state index in [0.29, 0.717) is 42.6 Å². The molecular weight excluding hydrogens is 400 g/mol. The normalized spacial score (nSPS) is 17.6. The van der Waals surface area contributed by atoms with Crippen LogP contribution in [0.15, 0.2) is 42.7 Å². The van der Waals surface area contributed by atoms with Crippen LogP contribution in [-0.2, 0) is 9.59 Å². The van der Waals surface area contributed by atoms with E-state index in [1.165, 1.54) is 11.0 Å².